The second-order valence-corrected chi connectivity index (χ2v) is 5.62. The quantitative estimate of drug-likeness (QED) is 0.630. The van der Waals surface area contributed by atoms with Crippen LogP contribution in [0.25, 0.3) is 0 Å². The molecule has 0 aromatic heterocycles. The lowest BCUT2D eigenvalue weighted by Crippen LogP contribution is -2.31. The molecule has 1 aliphatic rings. The van der Waals surface area contributed by atoms with Crippen molar-refractivity contribution in [2.24, 2.45) is 11.8 Å². The number of hydrogen-bond acceptors (Lipinski definition) is 4. The third-order valence-electron chi connectivity index (χ3n) is 3.92. The van der Waals surface area contributed by atoms with E-state index in [4.69, 9.17) is 4.74 Å². The van der Waals surface area contributed by atoms with Gasteiger partial charge in [0.1, 0.15) is 5.92 Å². The Kier molecular flexibility index (Phi) is 5.51. The van der Waals surface area contributed by atoms with E-state index in [9.17, 15) is 9.59 Å². The van der Waals surface area contributed by atoms with Gasteiger partial charge < -0.3 is 4.74 Å². The van der Waals surface area contributed by atoms with Crippen molar-refractivity contribution in [2.45, 2.75) is 26.8 Å². The monoisotopic (exact) mass is 289 g/mol. The van der Waals surface area contributed by atoms with Gasteiger partial charge in [0, 0.05) is 19.0 Å². The Morgan fingerprint density at radius 1 is 1.33 bits per heavy atom. The maximum absolute atomic E-state index is 12.3. The number of esters is 1. The summed E-state index contributed by atoms with van der Waals surface area (Å²) in [7, 11) is 0. The summed E-state index contributed by atoms with van der Waals surface area (Å²) in [6.07, 6.45) is 0.550. The molecule has 1 heterocycles. The fourth-order valence-electron chi connectivity index (χ4n) is 2.83. The van der Waals surface area contributed by atoms with Crippen LogP contribution in [0.4, 0.5) is 0 Å². The van der Waals surface area contributed by atoms with Gasteiger partial charge in [-0.3, -0.25) is 14.5 Å². The first kappa shape index (κ1) is 15.7. The summed E-state index contributed by atoms with van der Waals surface area (Å²) >= 11 is 0. The molecule has 0 spiro atoms. The van der Waals surface area contributed by atoms with E-state index >= 15 is 0 Å². The topological polar surface area (TPSA) is 46.6 Å². The third-order valence-corrected chi connectivity index (χ3v) is 3.92. The molecule has 4 nitrogen and oxygen atoms in total. The molecule has 1 aromatic carbocycles. The van der Waals surface area contributed by atoms with Gasteiger partial charge in [-0.1, -0.05) is 37.3 Å². The molecular formula is C17H23NO3. The Morgan fingerprint density at radius 2 is 2.05 bits per heavy atom. The van der Waals surface area contributed by atoms with Crippen LogP contribution in [0.1, 0.15) is 25.8 Å². The van der Waals surface area contributed by atoms with E-state index in [0.717, 1.165) is 13.1 Å². The van der Waals surface area contributed by atoms with E-state index in [1.807, 2.05) is 25.1 Å². The van der Waals surface area contributed by atoms with Crippen molar-refractivity contribution >= 4 is 11.8 Å². The van der Waals surface area contributed by atoms with Crippen LogP contribution in [0.15, 0.2) is 30.3 Å². The summed E-state index contributed by atoms with van der Waals surface area (Å²) in [6, 6.07) is 10.2. The smallest absolute Gasteiger partial charge is 0.316 e. The van der Waals surface area contributed by atoms with Gasteiger partial charge >= 0.3 is 5.97 Å². The van der Waals surface area contributed by atoms with Gasteiger partial charge in [-0.05, 0) is 25.5 Å². The average molecular weight is 289 g/mol. The first-order chi connectivity index (χ1) is 10.1. The van der Waals surface area contributed by atoms with Crippen molar-refractivity contribution in [1.82, 2.24) is 4.90 Å². The summed E-state index contributed by atoms with van der Waals surface area (Å²) in [5, 5.41) is 0. The minimum absolute atomic E-state index is 0.0176. The number of Topliss-reactive ketones (excluding diaryl/α,β-unsaturated/α-hetero) is 1. The second kappa shape index (κ2) is 7.36. The van der Waals surface area contributed by atoms with Gasteiger partial charge in [-0.15, -0.1) is 0 Å². The van der Waals surface area contributed by atoms with Crippen LogP contribution in [0.5, 0.6) is 0 Å². The minimum Gasteiger partial charge on any atom is -0.465 e. The Morgan fingerprint density at radius 3 is 2.71 bits per heavy atom. The highest BCUT2D eigenvalue weighted by molar-refractivity contribution is 6.00. The van der Waals surface area contributed by atoms with Crippen LogP contribution in [0.2, 0.25) is 0 Å². The lowest BCUT2D eigenvalue weighted by atomic mass is 9.93. The molecule has 4 heteroatoms. The number of benzene rings is 1. The van der Waals surface area contributed by atoms with Crippen LogP contribution < -0.4 is 0 Å². The van der Waals surface area contributed by atoms with Gasteiger partial charge in [0.05, 0.1) is 6.61 Å². The molecule has 1 aromatic rings. The number of nitrogens with zero attached hydrogens (tertiary/aromatic N) is 1. The van der Waals surface area contributed by atoms with Gasteiger partial charge in [0.2, 0.25) is 0 Å². The van der Waals surface area contributed by atoms with E-state index in [1.54, 1.807) is 6.92 Å². The van der Waals surface area contributed by atoms with Crippen LogP contribution in [0.3, 0.4) is 0 Å². The third kappa shape index (κ3) is 4.14. The zero-order chi connectivity index (χ0) is 15.2. The highest BCUT2D eigenvalue weighted by Gasteiger charge is 2.35. The summed E-state index contributed by atoms with van der Waals surface area (Å²) in [6.45, 7) is 6.25. The van der Waals surface area contributed by atoms with Crippen molar-refractivity contribution in [2.75, 3.05) is 19.7 Å². The molecule has 1 saturated heterocycles. The Hall–Kier alpha value is -1.68. The molecule has 0 N–H and O–H groups in total. The molecule has 2 atom stereocenters. The van der Waals surface area contributed by atoms with Crippen molar-refractivity contribution in [3.63, 3.8) is 0 Å². The molecule has 1 fully saturated rings. The Bertz CT molecular complexity index is 486. The summed E-state index contributed by atoms with van der Waals surface area (Å²) < 4.78 is 5.03. The van der Waals surface area contributed by atoms with Crippen molar-refractivity contribution in [1.29, 1.82) is 0 Å². The van der Waals surface area contributed by atoms with E-state index in [1.165, 1.54) is 5.56 Å². The molecule has 1 aliphatic heterocycles. The molecular weight excluding hydrogens is 266 g/mol. The predicted octanol–water partition coefficient (Wildman–Crippen LogP) is 2.28. The number of carbonyl (C=O) groups is 2. The molecule has 0 aliphatic carbocycles. The molecule has 2 rings (SSSR count). The van der Waals surface area contributed by atoms with Crippen LogP contribution in [0, 0.1) is 11.8 Å². The Labute approximate surface area is 126 Å². The number of hydrogen-bond donors (Lipinski definition) is 0. The summed E-state index contributed by atoms with van der Waals surface area (Å²) in [4.78, 5) is 26.5. The molecule has 0 saturated carbocycles. The largest absolute Gasteiger partial charge is 0.465 e. The normalized spacial score (nSPS) is 23.6. The maximum Gasteiger partial charge on any atom is 0.316 e. The zero-order valence-corrected chi connectivity index (χ0v) is 12.7. The molecule has 0 bridgehead atoms. The average Bonchev–Trinajstić information content (AvgIpc) is 2.60. The summed E-state index contributed by atoms with van der Waals surface area (Å²) in [5.74, 6) is -1.08. The van der Waals surface area contributed by atoms with Crippen LogP contribution in [-0.2, 0) is 20.9 Å². The highest BCUT2D eigenvalue weighted by atomic mass is 16.5. The van der Waals surface area contributed by atoms with Crippen molar-refractivity contribution in [3.05, 3.63) is 35.9 Å². The molecule has 114 valence electrons. The predicted molar refractivity (Wildman–Crippen MR) is 80.6 cm³/mol. The number of ketones is 1. The Balaban J connectivity index is 2.03. The SMILES string of the molecule is CCOC(=O)C1CCN(Cc2ccccc2)CC(C)C1=O. The second-order valence-electron chi connectivity index (χ2n) is 5.62. The van der Waals surface area contributed by atoms with Gasteiger partial charge in [0.15, 0.2) is 5.78 Å². The molecule has 21 heavy (non-hydrogen) atoms. The number of likely N-dealkylation sites (tertiary alicyclic amines) is 1. The fraction of sp³-hybridized carbons (Fsp3) is 0.529. The minimum atomic E-state index is -0.597. The van der Waals surface area contributed by atoms with Crippen LogP contribution in [-0.4, -0.2) is 36.3 Å². The van der Waals surface area contributed by atoms with E-state index in [-0.39, 0.29) is 17.7 Å². The lowest BCUT2D eigenvalue weighted by molar-refractivity contribution is -0.152. The lowest BCUT2D eigenvalue weighted by Gasteiger charge is -2.21. The number of ether oxygens (including phenoxy) is 1. The summed E-state index contributed by atoms with van der Waals surface area (Å²) in [5.41, 5.74) is 1.23. The number of rotatable bonds is 4. The van der Waals surface area contributed by atoms with Gasteiger partial charge in [-0.2, -0.15) is 0 Å². The fourth-order valence-corrected chi connectivity index (χ4v) is 2.83. The van der Waals surface area contributed by atoms with Crippen molar-refractivity contribution in [3.8, 4) is 0 Å². The number of carbonyl (C=O) groups excluding carboxylic acids is 2. The van der Waals surface area contributed by atoms with E-state index in [2.05, 4.69) is 17.0 Å². The van der Waals surface area contributed by atoms with E-state index < -0.39 is 5.92 Å². The first-order valence-corrected chi connectivity index (χ1v) is 7.58. The van der Waals surface area contributed by atoms with Gasteiger partial charge in [-0.25, -0.2) is 0 Å². The maximum atomic E-state index is 12.3. The van der Waals surface area contributed by atoms with Crippen LogP contribution >= 0.6 is 0 Å². The van der Waals surface area contributed by atoms with Crippen molar-refractivity contribution < 1.29 is 14.3 Å². The first-order valence-electron chi connectivity index (χ1n) is 7.58. The molecule has 2 unspecified atom stereocenters. The molecule has 0 radical (unpaired) electrons. The zero-order valence-electron chi connectivity index (χ0n) is 12.7. The highest BCUT2D eigenvalue weighted by Crippen LogP contribution is 2.21. The molecule has 0 amide bonds. The standard InChI is InChI=1S/C17H23NO3/c1-3-21-17(20)15-9-10-18(11-13(2)16(15)19)12-14-7-5-4-6-8-14/h4-8,13,15H,3,9-12H2,1-2H3. The van der Waals surface area contributed by atoms with Gasteiger partial charge in [0.25, 0.3) is 0 Å². The van der Waals surface area contributed by atoms with E-state index in [0.29, 0.717) is 19.6 Å².